The molecule has 106 valence electrons. The number of hydrogen-bond acceptors (Lipinski definition) is 5. The van der Waals surface area contributed by atoms with Crippen molar-refractivity contribution in [3.63, 3.8) is 0 Å². The minimum atomic E-state index is -0.418. The first-order chi connectivity index (χ1) is 9.65. The SMILES string of the molecule is Cc1nc2cc(NC(=O)C3CCC(CN)O3)ccc2o1. The van der Waals surface area contributed by atoms with Gasteiger partial charge in [0.15, 0.2) is 11.5 Å². The van der Waals surface area contributed by atoms with Gasteiger partial charge in [0.1, 0.15) is 11.6 Å². The molecule has 20 heavy (non-hydrogen) atoms. The van der Waals surface area contributed by atoms with Crippen LogP contribution in [0.1, 0.15) is 18.7 Å². The van der Waals surface area contributed by atoms with Gasteiger partial charge >= 0.3 is 0 Å². The number of rotatable bonds is 3. The zero-order chi connectivity index (χ0) is 14.1. The van der Waals surface area contributed by atoms with Crippen molar-refractivity contribution in [3.8, 4) is 0 Å². The van der Waals surface area contributed by atoms with Gasteiger partial charge in [-0.1, -0.05) is 0 Å². The summed E-state index contributed by atoms with van der Waals surface area (Å²) in [5.74, 6) is 0.467. The van der Waals surface area contributed by atoms with Gasteiger partial charge in [0.2, 0.25) is 0 Å². The molecule has 6 nitrogen and oxygen atoms in total. The van der Waals surface area contributed by atoms with Gasteiger partial charge < -0.3 is 20.2 Å². The number of aromatic nitrogens is 1. The van der Waals surface area contributed by atoms with E-state index in [1.807, 2.05) is 0 Å². The van der Waals surface area contributed by atoms with E-state index in [0.29, 0.717) is 30.1 Å². The van der Waals surface area contributed by atoms with Crippen molar-refractivity contribution in [1.82, 2.24) is 4.98 Å². The zero-order valence-corrected chi connectivity index (χ0v) is 11.3. The average Bonchev–Trinajstić information content (AvgIpc) is 3.03. The van der Waals surface area contributed by atoms with Crippen LogP contribution in [0.25, 0.3) is 11.1 Å². The number of amides is 1. The lowest BCUT2D eigenvalue weighted by atomic mass is 10.2. The Bertz CT molecular complexity index is 638. The molecule has 2 aromatic rings. The monoisotopic (exact) mass is 275 g/mol. The van der Waals surface area contributed by atoms with E-state index in [9.17, 15) is 4.79 Å². The summed E-state index contributed by atoms with van der Waals surface area (Å²) < 4.78 is 11.0. The molecule has 3 rings (SSSR count). The third-order valence-corrected chi connectivity index (χ3v) is 3.42. The Kier molecular flexibility index (Phi) is 3.42. The molecule has 1 saturated heterocycles. The summed E-state index contributed by atoms with van der Waals surface area (Å²) in [4.78, 5) is 16.3. The van der Waals surface area contributed by atoms with Gasteiger partial charge in [-0.3, -0.25) is 4.79 Å². The highest BCUT2D eigenvalue weighted by Gasteiger charge is 2.29. The quantitative estimate of drug-likeness (QED) is 0.887. The topological polar surface area (TPSA) is 90.4 Å². The molecule has 0 saturated carbocycles. The maximum absolute atomic E-state index is 12.1. The number of anilines is 1. The number of ether oxygens (including phenoxy) is 1. The van der Waals surface area contributed by atoms with Crippen LogP contribution in [0.4, 0.5) is 5.69 Å². The third kappa shape index (κ3) is 2.52. The number of hydrogen-bond donors (Lipinski definition) is 2. The summed E-state index contributed by atoms with van der Waals surface area (Å²) in [7, 11) is 0. The van der Waals surface area contributed by atoms with Crippen LogP contribution < -0.4 is 11.1 Å². The molecule has 1 aromatic carbocycles. The van der Waals surface area contributed by atoms with E-state index in [4.69, 9.17) is 14.9 Å². The van der Waals surface area contributed by atoms with Gasteiger partial charge in [-0.2, -0.15) is 0 Å². The summed E-state index contributed by atoms with van der Waals surface area (Å²) in [6.45, 7) is 2.24. The van der Waals surface area contributed by atoms with Crippen LogP contribution in [0.2, 0.25) is 0 Å². The fourth-order valence-electron chi connectivity index (χ4n) is 2.42. The van der Waals surface area contributed by atoms with Crippen molar-refractivity contribution >= 4 is 22.7 Å². The molecular weight excluding hydrogens is 258 g/mol. The van der Waals surface area contributed by atoms with Gasteiger partial charge in [0, 0.05) is 19.2 Å². The molecule has 2 heterocycles. The van der Waals surface area contributed by atoms with Crippen LogP contribution in [0, 0.1) is 6.92 Å². The number of aryl methyl sites for hydroxylation is 1. The molecule has 3 N–H and O–H groups in total. The van der Waals surface area contributed by atoms with Crippen molar-refractivity contribution in [2.45, 2.75) is 32.0 Å². The lowest BCUT2D eigenvalue weighted by molar-refractivity contribution is -0.126. The molecule has 0 spiro atoms. The summed E-state index contributed by atoms with van der Waals surface area (Å²) in [6, 6.07) is 5.38. The van der Waals surface area contributed by atoms with E-state index in [2.05, 4.69) is 10.3 Å². The van der Waals surface area contributed by atoms with E-state index in [1.165, 1.54) is 0 Å². The maximum atomic E-state index is 12.1. The Labute approximate surface area is 116 Å². The second kappa shape index (κ2) is 5.22. The fourth-order valence-corrected chi connectivity index (χ4v) is 2.42. The number of nitrogens with zero attached hydrogens (tertiary/aromatic N) is 1. The predicted octanol–water partition coefficient (Wildman–Crippen LogP) is 1.58. The normalized spacial score (nSPS) is 22.3. The number of carbonyl (C=O) groups excluding carboxylic acids is 1. The first-order valence-electron chi connectivity index (χ1n) is 6.69. The molecule has 1 amide bonds. The van der Waals surface area contributed by atoms with Gasteiger partial charge in [-0.05, 0) is 31.0 Å². The Morgan fingerprint density at radius 3 is 3.10 bits per heavy atom. The summed E-state index contributed by atoms with van der Waals surface area (Å²) in [5, 5.41) is 2.84. The van der Waals surface area contributed by atoms with E-state index in [-0.39, 0.29) is 12.0 Å². The van der Waals surface area contributed by atoms with Gasteiger partial charge in [0.05, 0.1) is 6.10 Å². The largest absolute Gasteiger partial charge is 0.441 e. The molecule has 1 aromatic heterocycles. The molecule has 0 bridgehead atoms. The second-order valence-corrected chi connectivity index (χ2v) is 4.96. The van der Waals surface area contributed by atoms with E-state index in [0.717, 1.165) is 11.9 Å². The van der Waals surface area contributed by atoms with E-state index >= 15 is 0 Å². The number of nitrogens with two attached hydrogens (primary N) is 1. The van der Waals surface area contributed by atoms with Gasteiger partial charge in [-0.25, -0.2) is 4.98 Å². The van der Waals surface area contributed by atoms with Crippen molar-refractivity contribution < 1.29 is 13.9 Å². The Balaban J connectivity index is 1.71. The van der Waals surface area contributed by atoms with Crippen LogP contribution in [0.15, 0.2) is 22.6 Å². The highest BCUT2D eigenvalue weighted by molar-refractivity contribution is 5.95. The third-order valence-electron chi connectivity index (χ3n) is 3.42. The predicted molar refractivity (Wildman–Crippen MR) is 74.3 cm³/mol. The van der Waals surface area contributed by atoms with Crippen molar-refractivity contribution in [3.05, 3.63) is 24.1 Å². The molecule has 1 aliphatic heterocycles. The maximum Gasteiger partial charge on any atom is 0.253 e. The lowest BCUT2D eigenvalue weighted by Gasteiger charge is -2.12. The standard InChI is InChI=1S/C14H17N3O3/c1-8-16-11-6-9(2-4-12(11)19-8)17-14(18)13-5-3-10(7-15)20-13/h2,4,6,10,13H,3,5,7,15H2,1H3,(H,17,18). The number of carbonyl (C=O) groups is 1. The second-order valence-electron chi connectivity index (χ2n) is 4.96. The van der Waals surface area contributed by atoms with Gasteiger partial charge in [0.25, 0.3) is 5.91 Å². The van der Waals surface area contributed by atoms with Crippen LogP contribution in [-0.2, 0) is 9.53 Å². The number of benzene rings is 1. The summed E-state index contributed by atoms with van der Waals surface area (Å²) in [5.41, 5.74) is 7.67. The Morgan fingerprint density at radius 2 is 2.35 bits per heavy atom. The number of fused-ring (bicyclic) bond motifs is 1. The smallest absolute Gasteiger partial charge is 0.253 e. The van der Waals surface area contributed by atoms with Crippen LogP contribution in [-0.4, -0.2) is 29.6 Å². The number of nitrogens with one attached hydrogen (secondary N) is 1. The Morgan fingerprint density at radius 1 is 1.50 bits per heavy atom. The molecule has 2 unspecified atom stereocenters. The van der Waals surface area contributed by atoms with Crippen LogP contribution >= 0.6 is 0 Å². The molecule has 0 radical (unpaired) electrons. The van der Waals surface area contributed by atoms with E-state index < -0.39 is 6.10 Å². The van der Waals surface area contributed by atoms with Crippen molar-refractivity contribution in [2.75, 3.05) is 11.9 Å². The minimum absolute atomic E-state index is 0.00794. The molecule has 0 aliphatic carbocycles. The molecule has 6 heteroatoms. The van der Waals surface area contributed by atoms with Crippen molar-refractivity contribution in [1.29, 1.82) is 0 Å². The van der Waals surface area contributed by atoms with E-state index in [1.54, 1.807) is 25.1 Å². The van der Waals surface area contributed by atoms with Gasteiger partial charge in [-0.15, -0.1) is 0 Å². The van der Waals surface area contributed by atoms with Crippen LogP contribution in [0.5, 0.6) is 0 Å². The molecule has 1 aliphatic rings. The molecular formula is C14H17N3O3. The zero-order valence-electron chi connectivity index (χ0n) is 11.3. The van der Waals surface area contributed by atoms with Crippen LogP contribution in [0.3, 0.4) is 0 Å². The highest BCUT2D eigenvalue weighted by Crippen LogP contribution is 2.23. The fraction of sp³-hybridized carbons (Fsp3) is 0.429. The minimum Gasteiger partial charge on any atom is -0.441 e. The Hall–Kier alpha value is -1.92. The van der Waals surface area contributed by atoms with Crippen molar-refractivity contribution in [2.24, 2.45) is 5.73 Å². The summed E-state index contributed by atoms with van der Waals surface area (Å²) in [6.07, 6.45) is 1.11. The highest BCUT2D eigenvalue weighted by atomic mass is 16.5. The molecule has 1 fully saturated rings. The lowest BCUT2D eigenvalue weighted by Crippen LogP contribution is -2.29. The average molecular weight is 275 g/mol. The summed E-state index contributed by atoms with van der Waals surface area (Å²) >= 11 is 0. The number of oxazole rings is 1. The first-order valence-corrected chi connectivity index (χ1v) is 6.69. The molecule has 2 atom stereocenters. The first kappa shape index (κ1) is 13.1.